The second kappa shape index (κ2) is 16.6. The van der Waals surface area contributed by atoms with Gasteiger partial charge in [-0.05, 0) is 99.0 Å². The minimum Gasteiger partial charge on any atom is -0.457 e. The first kappa shape index (κ1) is 38.3. The van der Waals surface area contributed by atoms with E-state index >= 15 is 0 Å². The van der Waals surface area contributed by atoms with Crippen molar-refractivity contribution in [1.29, 1.82) is 0 Å². The van der Waals surface area contributed by atoms with Crippen LogP contribution in [0.2, 0.25) is 0 Å². The summed E-state index contributed by atoms with van der Waals surface area (Å²) in [6.45, 7) is 5.85. The SMILES string of the molecule is Nc1ncnc2c1c(-c1ccc(Oc3ccccc3)cc1)nn2C1CCN(CCOCCC2CCN(c3ccc4c(c3)C(=O)N(C3CCC(=O)NC3=O)C4=O)CC2)CC1. The van der Waals surface area contributed by atoms with Crippen LogP contribution in [0.25, 0.3) is 22.3 Å². The van der Waals surface area contributed by atoms with Crippen LogP contribution in [0.15, 0.2) is 79.1 Å². The van der Waals surface area contributed by atoms with Gasteiger partial charge in [0.2, 0.25) is 11.8 Å². The molecular formula is C44H47N9O6. The maximum absolute atomic E-state index is 13.3. The third-order valence-electron chi connectivity index (χ3n) is 12.2. The molecule has 3 N–H and O–H groups in total. The van der Waals surface area contributed by atoms with Crippen LogP contribution in [-0.2, 0) is 14.3 Å². The summed E-state index contributed by atoms with van der Waals surface area (Å²) in [4.78, 5) is 65.1. The largest absolute Gasteiger partial charge is 0.457 e. The Kier molecular flexibility index (Phi) is 10.8. The number of carbonyl (C=O) groups excluding carboxylic acids is 4. The molecule has 4 amide bonds. The van der Waals surface area contributed by atoms with Crippen LogP contribution in [0, 0.1) is 5.92 Å². The normalized spacial score (nSPS) is 19.4. The monoisotopic (exact) mass is 797 g/mol. The van der Waals surface area contributed by atoms with Crippen LogP contribution in [0.4, 0.5) is 11.5 Å². The van der Waals surface area contributed by atoms with E-state index in [1.807, 2.05) is 65.3 Å². The number of nitrogens with zero attached hydrogens (tertiary/aromatic N) is 7. The van der Waals surface area contributed by atoms with Gasteiger partial charge in [-0.1, -0.05) is 18.2 Å². The lowest BCUT2D eigenvalue weighted by atomic mass is 9.93. The summed E-state index contributed by atoms with van der Waals surface area (Å²) < 4.78 is 14.2. The quantitative estimate of drug-likeness (QED) is 0.124. The first-order chi connectivity index (χ1) is 28.8. The summed E-state index contributed by atoms with van der Waals surface area (Å²) in [5.41, 5.74) is 10.4. The van der Waals surface area contributed by atoms with Gasteiger partial charge in [-0.25, -0.2) is 14.6 Å². The number of piperidine rings is 3. The number of amides is 4. The first-order valence-electron chi connectivity index (χ1n) is 20.5. The highest BCUT2D eigenvalue weighted by Gasteiger charge is 2.45. The molecule has 0 spiro atoms. The number of hydrogen-bond acceptors (Lipinski definition) is 12. The van der Waals surface area contributed by atoms with Crippen molar-refractivity contribution >= 4 is 46.2 Å². The Labute approximate surface area is 341 Å². The number of benzene rings is 3. The number of likely N-dealkylation sites (tertiary alicyclic amines) is 1. The Bertz CT molecular complexity index is 2370. The number of ether oxygens (including phenoxy) is 2. The molecule has 0 aliphatic carbocycles. The summed E-state index contributed by atoms with van der Waals surface area (Å²) in [6.07, 6.45) is 6.65. The molecule has 0 bridgehead atoms. The van der Waals surface area contributed by atoms with E-state index in [0.29, 0.717) is 29.5 Å². The Morgan fingerprint density at radius 3 is 2.29 bits per heavy atom. The molecule has 15 nitrogen and oxygen atoms in total. The molecule has 0 saturated carbocycles. The van der Waals surface area contributed by atoms with Crippen LogP contribution in [-0.4, -0.2) is 105 Å². The molecule has 5 aromatic rings. The number of nitrogens with one attached hydrogen (secondary N) is 1. The topological polar surface area (TPSA) is 178 Å². The standard InChI is InChI=1S/C44H47N9O6/c45-40-38-39(29-6-9-33(10-7-29)59-32-4-2-1-3-5-32)49-53(41(38)47-27-46-40)30-16-19-50(20-17-30)23-25-58-24-18-28-14-21-51(22-15-28)31-8-11-34-35(26-31)44(57)52(43(34)56)36-12-13-37(54)48-42(36)55/h1-11,26-28,30,36H,12-25H2,(H2,45,46,47)(H,48,54,55). The molecule has 2 aromatic heterocycles. The highest BCUT2D eigenvalue weighted by Crippen LogP contribution is 2.36. The number of nitrogens with two attached hydrogens (primary N) is 1. The van der Waals surface area contributed by atoms with Gasteiger partial charge in [0.05, 0.1) is 29.2 Å². The summed E-state index contributed by atoms with van der Waals surface area (Å²) in [7, 11) is 0. The third-order valence-corrected chi connectivity index (χ3v) is 12.2. The second-order valence-corrected chi connectivity index (χ2v) is 15.8. The fourth-order valence-corrected chi connectivity index (χ4v) is 8.83. The zero-order valence-electron chi connectivity index (χ0n) is 32.8. The van der Waals surface area contributed by atoms with Crippen molar-refractivity contribution < 1.29 is 28.7 Å². The Hall–Kier alpha value is -6.19. The van der Waals surface area contributed by atoms with E-state index in [9.17, 15) is 19.2 Å². The van der Waals surface area contributed by atoms with E-state index in [1.165, 1.54) is 6.33 Å². The van der Waals surface area contributed by atoms with Crippen LogP contribution < -0.4 is 20.7 Å². The van der Waals surface area contributed by atoms with Crippen molar-refractivity contribution in [3.63, 3.8) is 0 Å². The molecule has 304 valence electrons. The van der Waals surface area contributed by atoms with Gasteiger partial charge in [0.25, 0.3) is 11.8 Å². The zero-order valence-corrected chi connectivity index (χ0v) is 32.8. The average Bonchev–Trinajstić information content (AvgIpc) is 3.77. The lowest BCUT2D eigenvalue weighted by Gasteiger charge is -2.34. The Morgan fingerprint density at radius 2 is 1.53 bits per heavy atom. The molecule has 0 radical (unpaired) electrons. The summed E-state index contributed by atoms with van der Waals surface area (Å²) in [5, 5.41) is 8.09. The van der Waals surface area contributed by atoms with Crippen molar-refractivity contribution in [2.24, 2.45) is 5.92 Å². The number of rotatable bonds is 12. The number of para-hydroxylation sites is 1. The van der Waals surface area contributed by atoms with Gasteiger partial charge in [-0.2, -0.15) is 5.10 Å². The van der Waals surface area contributed by atoms with E-state index in [2.05, 4.69) is 25.1 Å². The van der Waals surface area contributed by atoms with Crippen LogP contribution in [0.5, 0.6) is 11.5 Å². The van der Waals surface area contributed by atoms with Gasteiger partial charge >= 0.3 is 0 Å². The van der Waals surface area contributed by atoms with Crippen molar-refractivity contribution in [2.75, 3.05) is 56.6 Å². The molecule has 4 aliphatic heterocycles. The van der Waals surface area contributed by atoms with Gasteiger partial charge in [-0.15, -0.1) is 0 Å². The number of nitrogen functional groups attached to an aromatic ring is 1. The zero-order chi connectivity index (χ0) is 40.5. The molecule has 3 aromatic carbocycles. The summed E-state index contributed by atoms with van der Waals surface area (Å²) in [6, 6.07) is 22.1. The average molecular weight is 798 g/mol. The molecule has 6 heterocycles. The Balaban J connectivity index is 0.718. The van der Waals surface area contributed by atoms with Crippen molar-refractivity contribution in [1.82, 2.24) is 34.9 Å². The number of anilines is 2. The molecular weight excluding hydrogens is 751 g/mol. The fourth-order valence-electron chi connectivity index (χ4n) is 8.83. The molecule has 1 unspecified atom stereocenters. The van der Waals surface area contributed by atoms with Crippen LogP contribution in [0.3, 0.4) is 0 Å². The molecule has 9 rings (SSSR count). The maximum atomic E-state index is 13.3. The lowest BCUT2D eigenvalue weighted by Crippen LogP contribution is -2.54. The van der Waals surface area contributed by atoms with Gasteiger partial charge in [0.15, 0.2) is 5.65 Å². The molecule has 4 aliphatic rings. The predicted octanol–water partition coefficient (Wildman–Crippen LogP) is 5.23. The molecule has 3 fully saturated rings. The van der Waals surface area contributed by atoms with E-state index in [-0.39, 0.29) is 24.8 Å². The van der Waals surface area contributed by atoms with E-state index in [0.717, 1.165) is 116 Å². The second-order valence-electron chi connectivity index (χ2n) is 15.8. The van der Waals surface area contributed by atoms with Gasteiger partial charge < -0.3 is 25.0 Å². The van der Waals surface area contributed by atoms with Gasteiger partial charge in [0, 0.05) is 57.0 Å². The van der Waals surface area contributed by atoms with Gasteiger partial charge in [-0.3, -0.25) is 29.4 Å². The molecule has 15 heteroatoms. The highest BCUT2D eigenvalue weighted by atomic mass is 16.5. The minimum atomic E-state index is -0.967. The lowest BCUT2D eigenvalue weighted by molar-refractivity contribution is -0.136. The summed E-state index contributed by atoms with van der Waals surface area (Å²) in [5.74, 6) is 0.526. The smallest absolute Gasteiger partial charge is 0.262 e. The fraction of sp³-hybridized carbons (Fsp3) is 0.386. The van der Waals surface area contributed by atoms with Crippen molar-refractivity contribution in [3.05, 3.63) is 90.3 Å². The number of hydrogen-bond donors (Lipinski definition) is 2. The molecule has 59 heavy (non-hydrogen) atoms. The summed E-state index contributed by atoms with van der Waals surface area (Å²) >= 11 is 0. The Morgan fingerprint density at radius 1 is 0.780 bits per heavy atom. The predicted molar refractivity (Wildman–Crippen MR) is 220 cm³/mol. The van der Waals surface area contributed by atoms with Gasteiger partial charge in [0.1, 0.15) is 35.4 Å². The molecule has 1 atom stereocenters. The number of aromatic nitrogens is 4. The van der Waals surface area contributed by atoms with Crippen LogP contribution in [0.1, 0.15) is 71.7 Å². The maximum Gasteiger partial charge on any atom is 0.262 e. The van der Waals surface area contributed by atoms with E-state index in [4.69, 9.17) is 20.3 Å². The molecule has 3 saturated heterocycles. The van der Waals surface area contributed by atoms with Crippen LogP contribution >= 0.6 is 0 Å². The number of imide groups is 2. The number of carbonyl (C=O) groups is 4. The first-order valence-corrected chi connectivity index (χ1v) is 20.5. The highest BCUT2D eigenvalue weighted by molar-refractivity contribution is 6.23. The van der Waals surface area contributed by atoms with Crippen molar-refractivity contribution in [2.45, 2.75) is 57.0 Å². The van der Waals surface area contributed by atoms with E-state index in [1.54, 1.807) is 12.1 Å². The number of fused-ring (bicyclic) bond motifs is 2. The van der Waals surface area contributed by atoms with Crippen molar-refractivity contribution in [3.8, 4) is 22.8 Å². The van der Waals surface area contributed by atoms with E-state index < -0.39 is 23.8 Å². The minimum absolute atomic E-state index is 0.0962. The third kappa shape index (κ3) is 7.87.